The molecule has 5 rings (SSSR count). The fraction of sp³-hybridized carbons (Fsp3) is 0.471. The number of rotatable bonds is 7. The van der Waals surface area contributed by atoms with Crippen molar-refractivity contribution in [3.05, 3.63) is 79.7 Å². The summed E-state index contributed by atoms with van der Waals surface area (Å²) in [4.78, 5) is 30.2. The molecule has 0 unspecified atom stereocenters. The van der Waals surface area contributed by atoms with E-state index < -0.39 is 5.92 Å². The van der Waals surface area contributed by atoms with E-state index >= 15 is 0 Å². The minimum absolute atomic E-state index is 0.125. The van der Waals surface area contributed by atoms with Gasteiger partial charge < -0.3 is 14.4 Å². The third-order valence-electron chi connectivity index (χ3n) is 8.23. The van der Waals surface area contributed by atoms with Crippen molar-refractivity contribution in [3.63, 3.8) is 0 Å². The Kier molecular flexibility index (Phi) is 7.94. The third kappa shape index (κ3) is 5.48. The Morgan fingerprint density at radius 2 is 1.43 bits per heavy atom. The number of Topliss-reactive ketones (excluding diaryl/α,β-unsaturated/α-hetero) is 2. The molecule has 1 aliphatic heterocycles. The van der Waals surface area contributed by atoms with E-state index in [0.29, 0.717) is 37.6 Å². The number of carbonyl (C=O) groups is 2. The summed E-state index contributed by atoms with van der Waals surface area (Å²) in [7, 11) is 0. The number of halogens is 1. The van der Waals surface area contributed by atoms with Crippen LogP contribution in [0.1, 0.15) is 84.3 Å². The van der Waals surface area contributed by atoms with Crippen LogP contribution in [0.2, 0.25) is 0 Å². The van der Waals surface area contributed by atoms with E-state index in [2.05, 4.69) is 68.2 Å². The van der Waals surface area contributed by atoms with E-state index in [4.69, 9.17) is 9.47 Å². The SMILES string of the molecule is CCOc1cc(C2C3=C(CC(C)(C)CC3=O)N(CC)C3=C2C(=O)CC(C)(C)C3)cc(I)c1OCc1ccccc1. The summed E-state index contributed by atoms with van der Waals surface area (Å²) in [6.07, 6.45) is 2.60. The molecule has 0 N–H and O–H groups in total. The predicted octanol–water partition coefficient (Wildman–Crippen LogP) is 7.97. The van der Waals surface area contributed by atoms with E-state index in [-0.39, 0.29) is 22.4 Å². The van der Waals surface area contributed by atoms with Gasteiger partial charge in [0, 0.05) is 47.8 Å². The van der Waals surface area contributed by atoms with Crippen LogP contribution in [0.25, 0.3) is 0 Å². The lowest BCUT2D eigenvalue weighted by molar-refractivity contribution is -0.119. The number of nitrogens with zero attached hydrogens (tertiary/aromatic N) is 1. The molecule has 2 aromatic rings. The van der Waals surface area contributed by atoms with Gasteiger partial charge in [0.25, 0.3) is 0 Å². The van der Waals surface area contributed by atoms with Crippen molar-refractivity contribution in [1.29, 1.82) is 0 Å². The molecule has 0 saturated carbocycles. The molecule has 212 valence electrons. The molecule has 2 aliphatic carbocycles. The summed E-state index contributed by atoms with van der Waals surface area (Å²) < 4.78 is 13.3. The molecule has 0 radical (unpaired) electrons. The molecule has 1 heterocycles. The van der Waals surface area contributed by atoms with Gasteiger partial charge >= 0.3 is 0 Å². The minimum Gasteiger partial charge on any atom is -0.490 e. The highest BCUT2D eigenvalue weighted by molar-refractivity contribution is 14.1. The Morgan fingerprint density at radius 3 is 1.95 bits per heavy atom. The van der Waals surface area contributed by atoms with Crippen molar-refractivity contribution in [3.8, 4) is 11.5 Å². The topological polar surface area (TPSA) is 55.8 Å². The highest BCUT2D eigenvalue weighted by Crippen LogP contribution is 2.55. The molecular weight excluding hydrogens is 613 g/mol. The number of ketones is 2. The first kappa shape index (κ1) is 28.9. The van der Waals surface area contributed by atoms with Crippen LogP contribution in [0.5, 0.6) is 11.5 Å². The Morgan fingerprint density at radius 1 is 0.850 bits per heavy atom. The maximum Gasteiger partial charge on any atom is 0.174 e. The predicted molar refractivity (Wildman–Crippen MR) is 166 cm³/mol. The lowest BCUT2D eigenvalue weighted by Gasteiger charge is -2.49. The number of hydrogen-bond acceptors (Lipinski definition) is 5. The molecular formula is C34H40INO4. The second kappa shape index (κ2) is 11.0. The number of benzene rings is 2. The molecule has 0 atom stereocenters. The van der Waals surface area contributed by atoms with Gasteiger partial charge in [-0.1, -0.05) is 58.0 Å². The van der Waals surface area contributed by atoms with Crippen molar-refractivity contribution in [2.24, 2.45) is 10.8 Å². The van der Waals surface area contributed by atoms with Crippen LogP contribution in [0, 0.1) is 14.4 Å². The fourth-order valence-electron chi connectivity index (χ4n) is 6.65. The Hall–Kier alpha value is -2.61. The van der Waals surface area contributed by atoms with E-state index in [1.165, 1.54) is 0 Å². The zero-order valence-electron chi connectivity index (χ0n) is 24.5. The number of ether oxygens (including phenoxy) is 2. The van der Waals surface area contributed by atoms with Gasteiger partial charge in [0.05, 0.1) is 10.2 Å². The summed E-state index contributed by atoms with van der Waals surface area (Å²) in [6, 6.07) is 14.2. The normalized spacial score (nSPS) is 20.4. The third-order valence-corrected chi connectivity index (χ3v) is 9.03. The molecule has 0 aromatic heterocycles. The molecule has 2 aromatic carbocycles. The molecule has 0 amide bonds. The summed E-state index contributed by atoms with van der Waals surface area (Å²) in [5.74, 6) is 1.25. The van der Waals surface area contributed by atoms with Gasteiger partial charge in [0.1, 0.15) is 6.61 Å². The maximum absolute atomic E-state index is 13.9. The molecule has 0 spiro atoms. The van der Waals surface area contributed by atoms with Gasteiger partial charge in [-0.2, -0.15) is 0 Å². The van der Waals surface area contributed by atoms with Gasteiger partial charge in [0.2, 0.25) is 0 Å². The largest absolute Gasteiger partial charge is 0.490 e. The minimum atomic E-state index is -0.393. The Balaban J connectivity index is 1.67. The van der Waals surface area contributed by atoms with E-state index in [1.807, 2.05) is 43.3 Å². The second-order valence-electron chi connectivity index (χ2n) is 12.8. The Bertz CT molecular complexity index is 1350. The molecule has 0 fully saturated rings. The van der Waals surface area contributed by atoms with Gasteiger partial charge in [-0.3, -0.25) is 9.59 Å². The molecule has 40 heavy (non-hydrogen) atoms. The van der Waals surface area contributed by atoms with E-state index in [1.54, 1.807) is 0 Å². The number of hydrogen-bond donors (Lipinski definition) is 0. The summed E-state index contributed by atoms with van der Waals surface area (Å²) >= 11 is 2.30. The standard InChI is InChI=1S/C34H40INO4/c1-7-36-24-16-33(3,4)18-26(37)30(24)29(31-25(36)17-34(5,6)19-27(31)38)22-14-23(35)32(28(15-22)39-8-2)40-20-21-12-10-9-11-13-21/h9-15,29H,7-8,16-20H2,1-6H3. The summed E-state index contributed by atoms with van der Waals surface area (Å²) in [6.45, 7) is 14.4. The molecule has 0 bridgehead atoms. The quantitative estimate of drug-likeness (QED) is 0.284. The first-order chi connectivity index (χ1) is 18.9. The van der Waals surface area contributed by atoms with Crippen LogP contribution < -0.4 is 9.47 Å². The smallest absolute Gasteiger partial charge is 0.174 e. The maximum atomic E-state index is 13.9. The average molecular weight is 654 g/mol. The average Bonchev–Trinajstić information content (AvgIpc) is 2.86. The zero-order chi connectivity index (χ0) is 28.8. The van der Waals surface area contributed by atoms with Gasteiger partial charge in [-0.05, 0) is 83.4 Å². The summed E-state index contributed by atoms with van der Waals surface area (Å²) in [5, 5.41) is 0. The van der Waals surface area contributed by atoms with Crippen molar-refractivity contribution < 1.29 is 19.1 Å². The van der Waals surface area contributed by atoms with E-state index in [9.17, 15) is 9.59 Å². The summed E-state index contributed by atoms with van der Waals surface area (Å²) in [5.41, 5.74) is 5.53. The monoisotopic (exact) mass is 653 g/mol. The van der Waals surface area contributed by atoms with Gasteiger partial charge in [-0.25, -0.2) is 0 Å². The van der Waals surface area contributed by atoms with Crippen LogP contribution >= 0.6 is 22.6 Å². The fourth-order valence-corrected chi connectivity index (χ4v) is 7.43. The zero-order valence-corrected chi connectivity index (χ0v) is 26.7. The highest BCUT2D eigenvalue weighted by Gasteiger charge is 2.48. The molecule has 5 nitrogen and oxygen atoms in total. The van der Waals surface area contributed by atoms with Crippen LogP contribution in [-0.2, 0) is 16.2 Å². The van der Waals surface area contributed by atoms with Gasteiger partial charge in [-0.15, -0.1) is 0 Å². The number of allylic oxidation sites excluding steroid dienone is 4. The Labute approximate surface area is 252 Å². The van der Waals surface area contributed by atoms with Crippen molar-refractivity contribution in [2.45, 2.75) is 79.8 Å². The molecule has 3 aliphatic rings. The van der Waals surface area contributed by atoms with Crippen molar-refractivity contribution in [2.75, 3.05) is 13.2 Å². The lowest BCUT2D eigenvalue weighted by Crippen LogP contribution is -2.44. The number of carbonyl (C=O) groups excluding carboxylic acids is 2. The van der Waals surface area contributed by atoms with Crippen molar-refractivity contribution >= 4 is 34.2 Å². The lowest BCUT2D eigenvalue weighted by atomic mass is 9.63. The first-order valence-corrected chi connectivity index (χ1v) is 15.5. The van der Waals surface area contributed by atoms with Crippen molar-refractivity contribution in [1.82, 2.24) is 4.90 Å². The first-order valence-electron chi connectivity index (χ1n) is 14.4. The molecule has 6 heteroatoms. The van der Waals surface area contributed by atoms with Crippen LogP contribution in [0.4, 0.5) is 0 Å². The van der Waals surface area contributed by atoms with Gasteiger partial charge in [0.15, 0.2) is 23.1 Å². The van der Waals surface area contributed by atoms with Crippen LogP contribution in [0.15, 0.2) is 65.0 Å². The highest BCUT2D eigenvalue weighted by atomic mass is 127. The molecule has 0 saturated heterocycles. The van der Waals surface area contributed by atoms with Crippen LogP contribution in [-0.4, -0.2) is 29.6 Å². The van der Waals surface area contributed by atoms with Crippen LogP contribution in [0.3, 0.4) is 0 Å². The second-order valence-corrected chi connectivity index (χ2v) is 14.0. The van der Waals surface area contributed by atoms with E-state index in [0.717, 1.165) is 56.6 Å².